The van der Waals surface area contributed by atoms with Gasteiger partial charge in [0.2, 0.25) is 0 Å². The fraction of sp³-hybridized carbons (Fsp3) is 0.929. The zero-order valence-electron chi connectivity index (χ0n) is 11.2. The van der Waals surface area contributed by atoms with Crippen LogP contribution in [-0.4, -0.2) is 5.78 Å². The van der Waals surface area contributed by atoms with Crippen LogP contribution in [0.3, 0.4) is 0 Å². The third kappa shape index (κ3) is 9.96. The molecule has 0 saturated carbocycles. The van der Waals surface area contributed by atoms with Crippen LogP contribution in [0, 0.1) is 17.8 Å². The summed E-state index contributed by atoms with van der Waals surface area (Å²) in [6, 6.07) is 0. The molecule has 0 spiro atoms. The lowest BCUT2D eigenvalue weighted by atomic mass is 9.93. The fourth-order valence-electron chi connectivity index (χ4n) is 1.90. The maximum absolute atomic E-state index is 11.6. The summed E-state index contributed by atoms with van der Waals surface area (Å²) in [7, 11) is 0. The van der Waals surface area contributed by atoms with E-state index in [0.717, 1.165) is 18.8 Å². The summed E-state index contributed by atoms with van der Waals surface area (Å²) in [6.45, 7) is 10.9. The van der Waals surface area contributed by atoms with Gasteiger partial charge in [-0.25, -0.2) is 0 Å². The Labute approximate surface area is 95.6 Å². The molecule has 0 bridgehead atoms. The van der Waals surface area contributed by atoms with Crippen LogP contribution in [0.4, 0.5) is 0 Å². The van der Waals surface area contributed by atoms with Gasteiger partial charge in [0, 0.05) is 12.8 Å². The Morgan fingerprint density at radius 1 is 0.867 bits per heavy atom. The molecule has 0 saturated heterocycles. The van der Waals surface area contributed by atoms with Gasteiger partial charge in [0.25, 0.3) is 0 Å². The lowest BCUT2D eigenvalue weighted by Crippen LogP contribution is -2.08. The van der Waals surface area contributed by atoms with Crippen LogP contribution in [0.2, 0.25) is 0 Å². The van der Waals surface area contributed by atoms with Crippen LogP contribution in [0.25, 0.3) is 0 Å². The highest BCUT2D eigenvalue weighted by molar-refractivity contribution is 5.78. The van der Waals surface area contributed by atoms with Crippen molar-refractivity contribution in [1.29, 1.82) is 0 Å². The number of Topliss-reactive ketones (excluding diaryl/α,β-unsaturated/α-hetero) is 1. The standard InChI is InChI=1S/C14H28O/c1-11(2)7-6-8-13(5)10-14(15)9-12(3)4/h11-13H,6-10H2,1-5H3/t13-/m1/s1. The Bertz CT molecular complexity index is 170. The van der Waals surface area contributed by atoms with Crippen LogP contribution in [-0.2, 0) is 4.79 Å². The maximum atomic E-state index is 11.6. The zero-order chi connectivity index (χ0) is 11.8. The van der Waals surface area contributed by atoms with Gasteiger partial charge in [-0.15, -0.1) is 0 Å². The summed E-state index contributed by atoms with van der Waals surface area (Å²) < 4.78 is 0. The molecule has 0 aliphatic rings. The molecular weight excluding hydrogens is 184 g/mol. The van der Waals surface area contributed by atoms with Crippen LogP contribution in [0.1, 0.15) is 66.7 Å². The molecule has 0 aliphatic heterocycles. The van der Waals surface area contributed by atoms with Crippen molar-refractivity contribution in [2.45, 2.75) is 66.7 Å². The molecule has 0 aromatic rings. The van der Waals surface area contributed by atoms with Gasteiger partial charge in [0.15, 0.2) is 0 Å². The van der Waals surface area contributed by atoms with Gasteiger partial charge in [-0.2, -0.15) is 0 Å². The highest BCUT2D eigenvalue weighted by atomic mass is 16.1. The highest BCUT2D eigenvalue weighted by Gasteiger charge is 2.10. The first-order chi connectivity index (χ1) is 6.91. The van der Waals surface area contributed by atoms with Crippen molar-refractivity contribution in [1.82, 2.24) is 0 Å². The molecule has 0 aromatic heterocycles. The molecule has 0 aromatic carbocycles. The van der Waals surface area contributed by atoms with Crippen molar-refractivity contribution in [3.63, 3.8) is 0 Å². The molecular formula is C14H28O. The van der Waals surface area contributed by atoms with Crippen LogP contribution in [0.15, 0.2) is 0 Å². The molecule has 0 heterocycles. The summed E-state index contributed by atoms with van der Waals surface area (Å²) in [5, 5.41) is 0. The fourth-order valence-corrected chi connectivity index (χ4v) is 1.90. The van der Waals surface area contributed by atoms with Crippen LogP contribution >= 0.6 is 0 Å². The number of hydrogen-bond acceptors (Lipinski definition) is 1. The molecule has 15 heavy (non-hydrogen) atoms. The monoisotopic (exact) mass is 212 g/mol. The summed E-state index contributed by atoms with van der Waals surface area (Å²) in [5.41, 5.74) is 0. The average molecular weight is 212 g/mol. The van der Waals surface area contributed by atoms with E-state index in [2.05, 4.69) is 34.6 Å². The molecule has 0 unspecified atom stereocenters. The normalized spacial score (nSPS) is 13.5. The maximum Gasteiger partial charge on any atom is 0.133 e. The number of hydrogen-bond donors (Lipinski definition) is 0. The molecule has 0 amide bonds. The molecule has 0 rings (SSSR count). The molecule has 0 fully saturated rings. The van der Waals surface area contributed by atoms with E-state index in [9.17, 15) is 4.79 Å². The van der Waals surface area contributed by atoms with E-state index in [1.165, 1.54) is 19.3 Å². The largest absolute Gasteiger partial charge is 0.300 e. The minimum absolute atomic E-state index is 0.446. The number of carbonyl (C=O) groups is 1. The Kier molecular flexibility index (Phi) is 7.72. The van der Waals surface area contributed by atoms with Crippen molar-refractivity contribution >= 4 is 5.78 Å². The topological polar surface area (TPSA) is 17.1 Å². The minimum Gasteiger partial charge on any atom is -0.300 e. The summed E-state index contributed by atoms with van der Waals surface area (Å²) in [5.74, 6) is 2.33. The third-order valence-corrected chi connectivity index (χ3v) is 2.69. The Hall–Kier alpha value is -0.330. The second-order valence-electron chi connectivity index (χ2n) is 5.77. The van der Waals surface area contributed by atoms with E-state index in [0.29, 0.717) is 17.6 Å². The average Bonchev–Trinajstić information content (AvgIpc) is 2.00. The van der Waals surface area contributed by atoms with E-state index in [-0.39, 0.29) is 0 Å². The minimum atomic E-state index is 0.446. The predicted octanol–water partition coefficient (Wildman–Crippen LogP) is 4.45. The number of ketones is 1. The number of rotatable bonds is 8. The zero-order valence-corrected chi connectivity index (χ0v) is 11.2. The summed E-state index contributed by atoms with van der Waals surface area (Å²) in [4.78, 5) is 11.6. The van der Waals surface area contributed by atoms with Gasteiger partial charge >= 0.3 is 0 Å². The first-order valence-electron chi connectivity index (χ1n) is 6.43. The Morgan fingerprint density at radius 3 is 1.93 bits per heavy atom. The van der Waals surface area contributed by atoms with E-state index < -0.39 is 0 Å². The Balaban J connectivity index is 3.55. The Morgan fingerprint density at radius 2 is 1.47 bits per heavy atom. The predicted molar refractivity (Wildman–Crippen MR) is 66.9 cm³/mol. The van der Waals surface area contributed by atoms with Crippen molar-refractivity contribution in [2.75, 3.05) is 0 Å². The molecule has 1 heteroatoms. The lowest BCUT2D eigenvalue weighted by Gasteiger charge is -2.12. The first kappa shape index (κ1) is 14.7. The van der Waals surface area contributed by atoms with Crippen molar-refractivity contribution < 1.29 is 4.79 Å². The second-order valence-corrected chi connectivity index (χ2v) is 5.77. The SMILES string of the molecule is CC(C)CCC[C@@H](C)CC(=O)CC(C)C. The van der Waals surface area contributed by atoms with Crippen LogP contribution < -0.4 is 0 Å². The lowest BCUT2D eigenvalue weighted by molar-refractivity contribution is -0.120. The van der Waals surface area contributed by atoms with Gasteiger partial charge in [0.1, 0.15) is 5.78 Å². The van der Waals surface area contributed by atoms with E-state index >= 15 is 0 Å². The number of carbonyl (C=O) groups excluding carboxylic acids is 1. The van der Waals surface area contributed by atoms with Crippen molar-refractivity contribution in [2.24, 2.45) is 17.8 Å². The van der Waals surface area contributed by atoms with Gasteiger partial charge in [-0.3, -0.25) is 4.79 Å². The van der Waals surface area contributed by atoms with E-state index in [4.69, 9.17) is 0 Å². The van der Waals surface area contributed by atoms with Gasteiger partial charge in [0.05, 0.1) is 0 Å². The molecule has 0 N–H and O–H groups in total. The summed E-state index contributed by atoms with van der Waals surface area (Å²) >= 11 is 0. The van der Waals surface area contributed by atoms with Crippen molar-refractivity contribution in [3.8, 4) is 0 Å². The van der Waals surface area contributed by atoms with Gasteiger partial charge in [-0.05, 0) is 17.8 Å². The molecule has 0 aliphatic carbocycles. The first-order valence-corrected chi connectivity index (χ1v) is 6.43. The molecule has 1 atom stereocenters. The molecule has 0 radical (unpaired) electrons. The quantitative estimate of drug-likeness (QED) is 0.581. The highest BCUT2D eigenvalue weighted by Crippen LogP contribution is 2.17. The van der Waals surface area contributed by atoms with Gasteiger partial charge < -0.3 is 0 Å². The molecule has 90 valence electrons. The van der Waals surface area contributed by atoms with E-state index in [1.54, 1.807) is 0 Å². The van der Waals surface area contributed by atoms with Gasteiger partial charge in [-0.1, -0.05) is 53.9 Å². The summed E-state index contributed by atoms with van der Waals surface area (Å²) in [6.07, 6.45) is 5.32. The van der Waals surface area contributed by atoms with Crippen LogP contribution in [0.5, 0.6) is 0 Å². The second kappa shape index (κ2) is 7.90. The van der Waals surface area contributed by atoms with Crippen molar-refractivity contribution in [3.05, 3.63) is 0 Å². The van der Waals surface area contributed by atoms with E-state index in [1.807, 2.05) is 0 Å². The third-order valence-electron chi connectivity index (χ3n) is 2.69. The molecule has 1 nitrogen and oxygen atoms in total. The smallest absolute Gasteiger partial charge is 0.133 e.